The van der Waals surface area contributed by atoms with E-state index in [-0.39, 0.29) is 0 Å². The summed E-state index contributed by atoms with van der Waals surface area (Å²) in [5.41, 5.74) is 5.64. The topological polar surface area (TPSA) is 64.3 Å². The molecule has 1 fully saturated rings. The van der Waals surface area contributed by atoms with E-state index in [1.807, 2.05) is 0 Å². The molecule has 0 aliphatic heterocycles. The highest BCUT2D eigenvalue weighted by Gasteiger charge is 2.31. The first-order valence-electron chi connectivity index (χ1n) is 8.88. The minimum atomic E-state index is -1.11. The Morgan fingerprint density at radius 3 is 2.59 bits per heavy atom. The number of primary amides is 1. The lowest BCUT2D eigenvalue weighted by Crippen LogP contribution is -2.53. The molecule has 130 valence electrons. The number of hydrogen-bond donors (Lipinski definition) is 2. The van der Waals surface area contributed by atoms with E-state index in [0.717, 1.165) is 24.7 Å². The molecule has 5 heteroatoms. The van der Waals surface area contributed by atoms with Gasteiger partial charge >= 0.3 is 6.09 Å². The van der Waals surface area contributed by atoms with Crippen LogP contribution in [0.3, 0.4) is 0 Å². The number of carbonyl (C=O) groups is 1. The lowest BCUT2D eigenvalue weighted by atomic mass is 9.77. The molecular weight excluding hydrogens is 292 g/mol. The lowest BCUT2D eigenvalue weighted by Gasteiger charge is -2.39. The van der Waals surface area contributed by atoms with Crippen LogP contribution in [0.1, 0.15) is 52.4 Å². The van der Waals surface area contributed by atoms with Crippen molar-refractivity contribution in [3.63, 3.8) is 0 Å². The third kappa shape index (κ3) is 7.14. The molecule has 4 atom stereocenters. The number of nitrogens with one attached hydrogen (secondary N) is 1. The molecule has 22 heavy (non-hydrogen) atoms. The zero-order chi connectivity index (χ0) is 16.8. The highest BCUT2D eigenvalue weighted by molar-refractivity contribution is 6.77. The van der Waals surface area contributed by atoms with Crippen molar-refractivity contribution in [2.45, 2.75) is 83.7 Å². The maximum absolute atomic E-state index is 10.5. The zero-order valence-corrected chi connectivity index (χ0v) is 16.2. The minimum Gasteiger partial charge on any atom is -0.450 e. The molecule has 1 rings (SSSR count). The third-order valence-electron chi connectivity index (χ3n) is 5.32. The molecule has 1 aliphatic rings. The van der Waals surface area contributed by atoms with Crippen LogP contribution in [0.25, 0.3) is 0 Å². The Labute approximate surface area is 137 Å². The fraction of sp³-hybridized carbons (Fsp3) is 0.941. The van der Waals surface area contributed by atoms with Crippen LogP contribution in [0.5, 0.6) is 0 Å². The quantitative estimate of drug-likeness (QED) is 0.524. The van der Waals surface area contributed by atoms with Crippen LogP contribution >= 0.6 is 0 Å². The van der Waals surface area contributed by atoms with E-state index in [1.165, 1.54) is 25.7 Å². The van der Waals surface area contributed by atoms with E-state index in [2.05, 4.69) is 38.8 Å². The van der Waals surface area contributed by atoms with Gasteiger partial charge in [0.2, 0.25) is 0 Å². The molecular formula is C17H36N2O2Si. The Morgan fingerprint density at radius 1 is 1.32 bits per heavy atom. The second-order valence-corrected chi connectivity index (χ2v) is 13.8. The first kappa shape index (κ1) is 19.5. The third-order valence-corrected chi connectivity index (χ3v) is 8.08. The lowest BCUT2D eigenvalue weighted by molar-refractivity contribution is 0.151. The predicted molar refractivity (Wildman–Crippen MR) is 95.6 cm³/mol. The summed E-state index contributed by atoms with van der Waals surface area (Å²) in [7, 11) is -1.11. The molecule has 0 bridgehead atoms. The van der Waals surface area contributed by atoms with Crippen LogP contribution in [0, 0.1) is 11.8 Å². The van der Waals surface area contributed by atoms with Crippen molar-refractivity contribution in [3.8, 4) is 0 Å². The van der Waals surface area contributed by atoms with Gasteiger partial charge in [0, 0.05) is 6.04 Å². The van der Waals surface area contributed by atoms with Crippen molar-refractivity contribution in [3.05, 3.63) is 0 Å². The Balaban J connectivity index is 2.32. The predicted octanol–water partition coefficient (Wildman–Crippen LogP) is 3.91. The number of rotatable bonds is 8. The average Bonchev–Trinajstić information content (AvgIpc) is 2.40. The molecule has 0 aromatic rings. The number of amides is 1. The van der Waals surface area contributed by atoms with Crippen molar-refractivity contribution in [2.24, 2.45) is 17.6 Å². The van der Waals surface area contributed by atoms with Crippen molar-refractivity contribution < 1.29 is 9.53 Å². The molecule has 0 heterocycles. The largest absolute Gasteiger partial charge is 0.450 e. The molecule has 0 saturated heterocycles. The molecule has 0 spiro atoms. The Hall–Kier alpha value is -0.553. The van der Waals surface area contributed by atoms with E-state index in [0.29, 0.717) is 18.3 Å². The van der Waals surface area contributed by atoms with Gasteiger partial charge in [-0.3, -0.25) is 0 Å². The van der Waals surface area contributed by atoms with Crippen LogP contribution in [-0.2, 0) is 4.74 Å². The summed E-state index contributed by atoms with van der Waals surface area (Å²) in [5, 5.41) is 3.93. The number of nitrogens with two attached hydrogens (primary N) is 1. The Morgan fingerprint density at radius 2 is 2.00 bits per heavy atom. The van der Waals surface area contributed by atoms with E-state index in [9.17, 15) is 4.79 Å². The number of carbonyl (C=O) groups excluding carboxylic acids is 1. The number of ether oxygens (including phenoxy) is 1. The van der Waals surface area contributed by atoms with Gasteiger partial charge in [-0.25, -0.2) is 4.79 Å². The summed E-state index contributed by atoms with van der Waals surface area (Å²) >= 11 is 0. The highest BCUT2D eigenvalue weighted by Crippen LogP contribution is 2.32. The maximum Gasteiger partial charge on any atom is 0.404 e. The summed E-state index contributed by atoms with van der Waals surface area (Å²) in [4.78, 5) is 10.5. The molecule has 0 aromatic heterocycles. The van der Waals surface area contributed by atoms with Gasteiger partial charge in [-0.2, -0.15) is 0 Å². The van der Waals surface area contributed by atoms with Gasteiger partial charge in [0.15, 0.2) is 0 Å². The minimum absolute atomic E-state index is 0.465. The maximum atomic E-state index is 10.5. The summed E-state index contributed by atoms with van der Waals surface area (Å²) in [6, 6.07) is 0.669. The van der Waals surface area contributed by atoms with Crippen molar-refractivity contribution in [2.75, 3.05) is 6.61 Å². The Bertz CT molecular complexity index is 344. The molecule has 0 aromatic carbocycles. The van der Waals surface area contributed by atoms with Gasteiger partial charge in [-0.05, 0) is 43.2 Å². The molecule has 1 amide bonds. The summed E-state index contributed by atoms with van der Waals surface area (Å²) in [6.07, 6.45) is 6.62. The zero-order valence-electron chi connectivity index (χ0n) is 15.2. The second kappa shape index (κ2) is 8.92. The molecule has 0 radical (unpaired) electrons. The number of unbranched alkanes of at least 4 members (excludes halogenated alkanes) is 1. The summed E-state index contributed by atoms with van der Waals surface area (Å²) < 4.78 is 4.79. The van der Waals surface area contributed by atoms with Gasteiger partial charge in [0.1, 0.15) is 0 Å². The summed E-state index contributed by atoms with van der Waals surface area (Å²) in [6.45, 7) is 12.5. The van der Waals surface area contributed by atoms with Crippen LogP contribution < -0.4 is 11.1 Å². The van der Waals surface area contributed by atoms with Crippen LogP contribution in [0.2, 0.25) is 19.6 Å². The molecule has 3 N–H and O–H groups in total. The fourth-order valence-electron chi connectivity index (χ4n) is 3.18. The molecule has 1 aliphatic carbocycles. The normalized spacial score (nSPS) is 27.4. The first-order valence-corrected chi connectivity index (χ1v) is 12.5. The molecule has 0 unspecified atom stereocenters. The van der Waals surface area contributed by atoms with Gasteiger partial charge in [-0.1, -0.05) is 46.3 Å². The van der Waals surface area contributed by atoms with E-state index < -0.39 is 14.2 Å². The molecule has 1 saturated carbocycles. The van der Waals surface area contributed by atoms with Crippen molar-refractivity contribution >= 4 is 14.2 Å². The van der Waals surface area contributed by atoms with Crippen LogP contribution in [-0.4, -0.2) is 32.5 Å². The van der Waals surface area contributed by atoms with Gasteiger partial charge in [0.25, 0.3) is 0 Å². The van der Waals surface area contributed by atoms with Crippen molar-refractivity contribution in [1.82, 2.24) is 5.32 Å². The SMILES string of the molecule is C[C@H]1CC[C@H](CCCCOC(N)=O)C[C@@H]1N[C@H](C)[Si](C)(C)C. The van der Waals surface area contributed by atoms with Gasteiger partial charge < -0.3 is 15.8 Å². The fourth-order valence-corrected chi connectivity index (χ4v) is 3.90. The smallest absolute Gasteiger partial charge is 0.404 e. The summed E-state index contributed by atoms with van der Waals surface area (Å²) in [5.74, 6) is 1.60. The van der Waals surface area contributed by atoms with E-state index >= 15 is 0 Å². The standard InChI is InChI=1S/C17H36N2O2Si/c1-13-9-10-15(8-6-7-11-21-17(18)20)12-16(13)19-14(2)22(3,4)5/h13-16,19H,6-12H2,1-5H3,(H2,18,20)/t13-,14-,15-,16-/m0/s1. The number of hydrogen-bond acceptors (Lipinski definition) is 3. The van der Waals surface area contributed by atoms with E-state index in [4.69, 9.17) is 10.5 Å². The van der Waals surface area contributed by atoms with Crippen LogP contribution in [0.15, 0.2) is 0 Å². The first-order chi connectivity index (χ1) is 10.2. The monoisotopic (exact) mass is 328 g/mol. The van der Waals surface area contributed by atoms with E-state index in [1.54, 1.807) is 0 Å². The van der Waals surface area contributed by atoms with Crippen molar-refractivity contribution in [1.29, 1.82) is 0 Å². The average molecular weight is 329 g/mol. The van der Waals surface area contributed by atoms with Gasteiger partial charge in [0.05, 0.1) is 14.7 Å². The second-order valence-electron chi connectivity index (χ2n) is 8.18. The van der Waals surface area contributed by atoms with Crippen LogP contribution in [0.4, 0.5) is 4.79 Å². The van der Waals surface area contributed by atoms with Gasteiger partial charge in [-0.15, -0.1) is 0 Å². The highest BCUT2D eigenvalue weighted by atomic mass is 28.3. The Kier molecular flexibility index (Phi) is 7.90. The molecule has 4 nitrogen and oxygen atoms in total.